The summed E-state index contributed by atoms with van der Waals surface area (Å²) < 4.78 is 36.9. The quantitative estimate of drug-likeness (QED) is 0.726. The third kappa shape index (κ3) is 1.54. The zero-order valence-corrected chi connectivity index (χ0v) is 6.26. The molecule has 0 aliphatic heterocycles. The maximum absolute atomic E-state index is 12.6. The molecule has 3 nitrogen and oxygen atoms in total. The number of nitrogens with two attached hydrogens (primary N) is 1. The molecule has 0 aliphatic carbocycles. The number of rotatable bonds is 1. The van der Waals surface area contributed by atoms with Gasteiger partial charge in [-0.25, -0.2) is 13.2 Å². The van der Waals surface area contributed by atoms with Crippen molar-refractivity contribution in [3.8, 4) is 6.07 Å². The number of nitriles is 1. The first kappa shape index (κ1) is 9.32. The molecule has 0 aromatic carbocycles. The van der Waals surface area contributed by atoms with Crippen LogP contribution in [0.15, 0.2) is 6.20 Å². The predicted molar refractivity (Wildman–Crippen MR) is 38.3 cm³/mol. The molecular formula is C7H4F3N3. The Morgan fingerprint density at radius 1 is 1.54 bits per heavy atom. The molecule has 2 N–H and O–H groups in total. The van der Waals surface area contributed by atoms with Gasteiger partial charge in [-0.3, -0.25) is 4.98 Å². The third-order valence-electron chi connectivity index (χ3n) is 1.42. The van der Waals surface area contributed by atoms with Gasteiger partial charge in [0, 0.05) is 0 Å². The Bertz CT molecular complexity index is 370. The van der Waals surface area contributed by atoms with Gasteiger partial charge in [-0.15, -0.1) is 0 Å². The van der Waals surface area contributed by atoms with Crippen LogP contribution in [0, 0.1) is 17.1 Å². The normalized spacial score (nSPS) is 10.1. The molecule has 1 aromatic rings. The molecule has 0 saturated carbocycles. The van der Waals surface area contributed by atoms with Crippen LogP contribution >= 0.6 is 0 Å². The summed E-state index contributed by atoms with van der Waals surface area (Å²) in [5.74, 6) is -0.971. The lowest BCUT2D eigenvalue weighted by atomic mass is 10.2. The minimum Gasteiger partial charge on any atom is -0.395 e. The zero-order chi connectivity index (χ0) is 10.0. The van der Waals surface area contributed by atoms with Gasteiger partial charge in [0.15, 0.2) is 5.82 Å². The number of pyridine rings is 1. The molecule has 13 heavy (non-hydrogen) atoms. The average Bonchev–Trinajstić information content (AvgIpc) is 2.09. The van der Waals surface area contributed by atoms with E-state index in [-0.39, 0.29) is 0 Å². The summed E-state index contributed by atoms with van der Waals surface area (Å²) in [5, 5.41) is 8.40. The van der Waals surface area contributed by atoms with E-state index in [9.17, 15) is 13.2 Å². The van der Waals surface area contributed by atoms with Gasteiger partial charge in [-0.2, -0.15) is 5.26 Å². The van der Waals surface area contributed by atoms with Gasteiger partial charge in [-0.05, 0) is 0 Å². The molecule has 0 bridgehead atoms. The monoisotopic (exact) mass is 187 g/mol. The van der Waals surface area contributed by atoms with Crippen LogP contribution < -0.4 is 5.73 Å². The van der Waals surface area contributed by atoms with E-state index >= 15 is 0 Å². The average molecular weight is 187 g/mol. The Hall–Kier alpha value is -1.77. The molecule has 0 saturated heterocycles. The number of hydrogen-bond donors (Lipinski definition) is 1. The van der Waals surface area contributed by atoms with Gasteiger partial charge in [0.2, 0.25) is 0 Å². The summed E-state index contributed by atoms with van der Waals surface area (Å²) in [4.78, 5) is 3.08. The number of halogens is 3. The van der Waals surface area contributed by atoms with Crippen LogP contribution in [0.4, 0.5) is 18.9 Å². The standard InChI is InChI=1S/C7H4F3N3/c8-4-2-13-6(7(9)10)3(1-11)5(4)12/h2,7H,(H2,12,13). The highest BCUT2D eigenvalue weighted by Crippen LogP contribution is 2.25. The van der Waals surface area contributed by atoms with Crippen molar-refractivity contribution in [2.24, 2.45) is 0 Å². The number of anilines is 1. The molecule has 0 aliphatic rings. The summed E-state index contributed by atoms with van der Waals surface area (Å²) in [7, 11) is 0. The maximum atomic E-state index is 12.6. The van der Waals surface area contributed by atoms with Crippen molar-refractivity contribution in [1.82, 2.24) is 4.98 Å². The van der Waals surface area contributed by atoms with Gasteiger partial charge < -0.3 is 5.73 Å². The molecule has 0 fully saturated rings. The molecule has 0 amide bonds. The van der Waals surface area contributed by atoms with E-state index in [0.717, 1.165) is 0 Å². The Morgan fingerprint density at radius 3 is 2.62 bits per heavy atom. The van der Waals surface area contributed by atoms with Crippen molar-refractivity contribution in [1.29, 1.82) is 5.26 Å². The van der Waals surface area contributed by atoms with E-state index < -0.39 is 29.2 Å². The second kappa shape index (κ2) is 3.31. The van der Waals surface area contributed by atoms with Crippen LogP contribution in [-0.4, -0.2) is 4.98 Å². The fourth-order valence-corrected chi connectivity index (χ4v) is 0.801. The maximum Gasteiger partial charge on any atom is 0.281 e. The van der Waals surface area contributed by atoms with Crippen molar-refractivity contribution < 1.29 is 13.2 Å². The Balaban J connectivity index is 3.41. The summed E-state index contributed by atoms with van der Waals surface area (Å²) >= 11 is 0. The number of hydrogen-bond acceptors (Lipinski definition) is 3. The fraction of sp³-hybridized carbons (Fsp3) is 0.143. The first-order valence-corrected chi connectivity index (χ1v) is 3.20. The molecule has 0 atom stereocenters. The molecule has 1 rings (SSSR count). The molecule has 1 aromatic heterocycles. The van der Waals surface area contributed by atoms with Gasteiger partial charge >= 0.3 is 0 Å². The molecule has 0 radical (unpaired) electrons. The number of nitrogen functional groups attached to an aromatic ring is 1. The van der Waals surface area contributed by atoms with Gasteiger partial charge in [0.1, 0.15) is 17.3 Å². The van der Waals surface area contributed by atoms with Crippen molar-refractivity contribution in [2.45, 2.75) is 6.43 Å². The van der Waals surface area contributed by atoms with Crippen molar-refractivity contribution in [2.75, 3.05) is 5.73 Å². The van der Waals surface area contributed by atoms with Crippen LogP contribution in [0.25, 0.3) is 0 Å². The highest BCUT2D eigenvalue weighted by molar-refractivity contribution is 5.56. The molecule has 6 heteroatoms. The van der Waals surface area contributed by atoms with E-state index in [4.69, 9.17) is 11.0 Å². The summed E-state index contributed by atoms with van der Waals surface area (Å²) in [5.41, 5.74) is 3.08. The lowest BCUT2D eigenvalue weighted by Gasteiger charge is -2.04. The summed E-state index contributed by atoms with van der Waals surface area (Å²) in [6, 6.07) is 1.38. The van der Waals surface area contributed by atoms with Crippen molar-refractivity contribution in [3.05, 3.63) is 23.3 Å². The van der Waals surface area contributed by atoms with Crippen LogP contribution in [0.2, 0.25) is 0 Å². The van der Waals surface area contributed by atoms with Gasteiger partial charge in [-0.1, -0.05) is 0 Å². The molecular weight excluding hydrogens is 183 g/mol. The number of aromatic nitrogens is 1. The second-order valence-corrected chi connectivity index (χ2v) is 2.19. The van der Waals surface area contributed by atoms with E-state index in [1.807, 2.05) is 0 Å². The van der Waals surface area contributed by atoms with E-state index in [1.54, 1.807) is 0 Å². The topological polar surface area (TPSA) is 62.7 Å². The predicted octanol–water partition coefficient (Wildman–Crippen LogP) is 1.61. The lowest BCUT2D eigenvalue weighted by Crippen LogP contribution is -2.03. The molecule has 1 heterocycles. The highest BCUT2D eigenvalue weighted by atomic mass is 19.3. The summed E-state index contributed by atoms with van der Waals surface area (Å²) in [6.45, 7) is 0. The van der Waals surface area contributed by atoms with Crippen LogP contribution in [0.1, 0.15) is 17.7 Å². The first-order valence-electron chi connectivity index (χ1n) is 3.20. The van der Waals surface area contributed by atoms with Crippen molar-refractivity contribution >= 4 is 5.69 Å². The fourth-order valence-electron chi connectivity index (χ4n) is 0.801. The van der Waals surface area contributed by atoms with Crippen molar-refractivity contribution in [3.63, 3.8) is 0 Å². The minimum atomic E-state index is -2.93. The Morgan fingerprint density at radius 2 is 2.15 bits per heavy atom. The van der Waals surface area contributed by atoms with E-state index in [1.165, 1.54) is 6.07 Å². The van der Waals surface area contributed by atoms with Crippen LogP contribution in [0.3, 0.4) is 0 Å². The number of alkyl halides is 2. The van der Waals surface area contributed by atoms with Gasteiger partial charge in [0.05, 0.1) is 11.9 Å². The van der Waals surface area contributed by atoms with E-state index in [2.05, 4.69) is 4.98 Å². The molecule has 0 unspecified atom stereocenters. The van der Waals surface area contributed by atoms with Crippen LogP contribution in [-0.2, 0) is 0 Å². The highest BCUT2D eigenvalue weighted by Gasteiger charge is 2.19. The molecule has 68 valence electrons. The summed E-state index contributed by atoms with van der Waals surface area (Å²) in [6.07, 6.45) is -2.37. The smallest absolute Gasteiger partial charge is 0.281 e. The second-order valence-electron chi connectivity index (χ2n) is 2.19. The third-order valence-corrected chi connectivity index (χ3v) is 1.42. The van der Waals surface area contributed by atoms with E-state index in [0.29, 0.717) is 6.20 Å². The number of nitrogens with zero attached hydrogens (tertiary/aromatic N) is 2. The zero-order valence-electron chi connectivity index (χ0n) is 6.26. The Kier molecular flexibility index (Phi) is 2.37. The minimum absolute atomic E-state index is 0.567. The lowest BCUT2D eigenvalue weighted by molar-refractivity contribution is 0.145. The Labute approximate surface area is 71.6 Å². The SMILES string of the molecule is N#Cc1c(C(F)F)ncc(F)c1N. The largest absolute Gasteiger partial charge is 0.395 e. The first-order chi connectivity index (χ1) is 6.07. The molecule has 0 spiro atoms. The van der Waals surface area contributed by atoms with Gasteiger partial charge in [0.25, 0.3) is 6.43 Å². The van der Waals surface area contributed by atoms with Crippen LogP contribution in [0.5, 0.6) is 0 Å².